The second kappa shape index (κ2) is 9.80. The van der Waals surface area contributed by atoms with Crippen LogP contribution in [0.4, 0.5) is 4.39 Å². The van der Waals surface area contributed by atoms with Gasteiger partial charge in [-0.15, -0.1) is 24.8 Å². The van der Waals surface area contributed by atoms with Crippen molar-refractivity contribution in [3.05, 3.63) is 34.6 Å². The van der Waals surface area contributed by atoms with Crippen LogP contribution in [0, 0.1) is 5.82 Å². The molecule has 1 aliphatic rings. The van der Waals surface area contributed by atoms with Gasteiger partial charge in [-0.3, -0.25) is 4.90 Å². The van der Waals surface area contributed by atoms with Crippen LogP contribution in [0.1, 0.15) is 31.4 Å². The van der Waals surface area contributed by atoms with E-state index in [4.69, 9.17) is 11.6 Å². The maximum Gasteiger partial charge on any atom is 0.125 e. The van der Waals surface area contributed by atoms with Gasteiger partial charge in [-0.2, -0.15) is 0 Å². The topological polar surface area (TPSA) is 15.3 Å². The van der Waals surface area contributed by atoms with Crippen LogP contribution in [0.2, 0.25) is 5.02 Å². The van der Waals surface area contributed by atoms with Crippen molar-refractivity contribution in [3.8, 4) is 0 Å². The third-order valence-electron chi connectivity index (χ3n) is 3.42. The van der Waals surface area contributed by atoms with Gasteiger partial charge in [0, 0.05) is 37.2 Å². The van der Waals surface area contributed by atoms with Crippen molar-refractivity contribution in [3.63, 3.8) is 0 Å². The predicted octanol–water partition coefficient (Wildman–Crippen LogP) is 4.07. The third-order valence-corrected chi connectivity index (χ3v) is 3.64. The van der Waals surface area contributed by atoms with E-state index >= 15 is 0 Å². The van der Waals surface area contributed by atoms with Gasteiger partial charge in [0.25, 0.3) is 0 Å². The van der Waals surface area contributed by atoms with Crippen LogP contribution in [-0.2, 0) is 0 Å². The molecule has 0 aromatic heterocycles. The van der Waals surface area contributed by atoms with Gasteiger partial charge < -0.3 is 5.32 Å². The summed E-state index contributed by atoms with van der Waals surface area (Å²) in [6.07, 6.45) is 2.13. The van der Waals surface area contributed by atoms with Crippen LogP contribution < -0.4 is 5.32 Å². The van der Waals surface area contributed by atoms with E-state index in [1.54, 1.807) is 6.07 Å². The van der Waals surface area contributed by atoms with Crippen molar-refractivity contribution in [2.45, 2.75) is 25.8 Å². The average Bonchev–Trinajstić information content (AvgIpc) is 2.36. The van der Waals surface area contributed by atoms with E-state index in [0.717, 1.165) is 44.6 Å². The van der Waals surface area contributed by atoms with Crippen LogP contribution in [0.15, 0.2) is 18.2 Å². The van der Waals surface area contributed by atoms with E-state index in [9.17, 15) is 4.39 Å². The quantitative estimate of drug-likeness (QED) is 0.886. The molecule has 1 heterocycles. The Morgan fingerprint density at radius 1 is 1.25 bits per heavy atom. The van der Waals surface area contributed by atoms with Gasteiger partial charge in [-0.05, 0) is 30.2 Å². The van der Waals surface area contributed by atoms with E-state index in [2.05, 4.69) is 17.1 Å². The molecule has 1 saturated heterocycles. The summed E-state index contributed by atoms with van der Waals surface area (Å²) in [5.41, 5.74) is 1.00. The fourth-order valence-corrected chi connectivity index (χ4v) is 2.83. The Morgan fingerprint density at radius 3 is 2.45 bits per heavy atom. The predicted molar refractivity (Wildman–Crippen MR) is 88.0 cm³/mol. The van der Waals surface area contributed by atoms with Crippen LogP contribution in [0.5, 0.6) is 0 Å². The first kappa shape index (κ1) is 19.9. The van der Waals surface area contributed by atoms with E-state index in [1.807, 2.05) is 6.07 Å². The highest BCUT2D eigenvalue weighted by Crippen LogP contribution is 2.28. The largest absolute Gasteiger partial charge is 0.314 e. The number of rotatable bonds is 4. The van der Waals surface area contributed by atoms with Crippen molar-refractivity contribution >= 4 is 36.4 Å². The molecule has 0 unspecified atom stereocenters. The normalized spacial score (nSPS) is 16.9. The Bertz CT molecular complexity index is 378. The molecule has 0 amide bonds. The lowest BCUT2D eigenvalue weighted by Gasteiger charge is -2.35. The van der Waals surface area contributed by atoms with Crippen LogP contribution >= 0.6 is 36.4 Å². The van der Waals surface area contributed by atoms with Crippen molar-refractivity contribution < 1.29 is 4.39 Å². The molecule has 0 bridgehead atoms. The molecule has 2 nitrogen and oxygen atoms in total. The first-order valence-corrected chi connectivity index (χ1v) is 6.99. The van der Waals surface area contributed by atoms with Crippen LogP contribution in [0.3, 0.4) is 0 Å². The summed E-state index contributed by atoms with van der Waals surface area (Å²) in [5, 5.41) is 3.83. The van der Waals surface area contributed by atoms with Crippen molar-refractivity contribution in [2.24, 2.45) is 0 Å². The number of piperazine rings is 1. The summed E-state index contributed by atoms with van der Waals surface area (Å²) in [7, 11) is 0. The third kappa shape index (κ3) is 5.38. The molecule has 2 rings (SSSR count). The second-order valence-electron chi connectivity index (χ2n) is 4.79. The maximum atomic E-state index is 13.5. The summed E-state index contributed by atoms with van der Waals surface area (Å²) >= 11 is 5.96. The SMILES string of the molecule is CCC[C@H](c1cc(F)cc(Cl)c1)N1CCNCC1.Cl.Cl. The molecule has 0 saturated carbocycles. The van der Waals surface area contributed by atoms with Gasteiger partial charge in [-0.25, -0.2) is 4.39 Å². The van der Waals surface area contributed by atoms with E-state index in [1.165, 1.54) is 6.07 Å². The highest BCUT2D eigenvalue weighted by Gasteiger charge is 2.22. The van der Waals surface area contributed by atoms with Crippen LogP contribution in [-0.4, -0.2) is 31.1 Å². The minimum Gasteiger partial charge on any atom is -0.314 e. The number of hydrogen-bond donors (Lipinski definition) is 1. The zero-order valence-corrected chi connectivity index (χ0v) is 14.0. The summed E-state index contributed by atoms with van der Waals surface area (Å²) in [5.74, 6) is -0.242. The molecule has 1 atom stereocenters. The lowest BCUT2D eigenvalue weighted by Crippen LogP contribution is -2.45. The van der Waals surface area contributed by atoms with Crippen molar-refractivity contribution in [1.29, 1.82) is 0 Å². The van der Waals surface area contributed by atoms with Gasteiger partial charge in [-0.1, -0.05) is 24.9 Å². The van der Waals surface area contributed by atoms with Crippen LogP contribution in [0.25, 0.3) is 0 Å². The average molecular weight is 344 g/mol. The zero-order chi connectivity index (χ0) is 13.0. The fourth-order valence-electron chi connectivity index (χ4n) is 2.59. The molecule has 20 heavy (non-hydrogen) atoms. The molecule has 116 valence electrons. The summed E-state index contributed by atoms with van der Waals surface area (Å²) in [4.78, 5) is 2.42. The number of hydrogen-bond acceptors (Lipinski definition) is 2. The number of nitrogens with one attached hydrogen (secondary N) is 1. The molecular formula is C14H22Cl3FN2. The molecule has 6 heteroatoms. The Kier molecular flexibility index (Phi) is 9.77. The molecule has 0 spiro atoms. The highest BCUT2D eigenvalue weighted by molar-refractivity contribution is 6.30. The lowest BCUT2D eigenvalue weighted by atomic mass is 10.00. The molecule has 1 fully saturated rings. The summed E-state index contributed by atoms with van der Waals surface area (Å²) in [6, 6.07) is 5.16. The van der Waals surface area contributed by atoms with Gasteiger partial charge in [0.2, 0.25) is 0 Å². The molecule has 1 aromatic carbocycles. The number of benzene rings is 1. The van der Waals surface area contributed by atoms with Gasteiger partial charge >= 0.3 is 0 Å². The fraction of sp³-hybridized carbons (Fsp3) is 0.571. The first-order valence-electron chi connectivity index (χ1n) is 6.61. The Balaban J connectivity index is 0.00000180. The van der Waals surface area contributed by atoms with Crippen molar-refractivity contribution in [1.82, 2.24) is 10.2 Å². The van der Waals surface area contributed by atoms with Gasteiger partial charge in [0.1, 0.15) is 5.82 Å². The molecule has 1 aromatic rings. The smallest absolute Gasteiger partial charge is 0.125 e. The van der Waals surface area contributed by atoms with E-state index in [0.29, 0.717) is 5.02 Å². The zero-order valence-electron chi connectivity index (χ0n) is 11.6. The molecule has 0 radical (unpaired) electrons. The molecule has 0 aliphatic carbocycles. The minimum absolute atomic E-state index is 0. The maximum absolute atomic E-state index is 13.5. The summed E-state index contributed by atoms with van der Waals surface area (Å²) < 4.78 is 13.5. The standard InChI is InChI=1S/C14H20ClFN2.2ClH/c1-2-3-14(18-6-4-17-5-7-18)11-8-12(15)10-13(16)9-11;;/h8-10,14,17H,2-7H2,1H3;2*1H/t14-;;/m1../s1. The molecule has 1 N–H and O–H groups in total. The second-order valence-corrected chi connectivity index (χ2v) is 5.23. The molecular weight excluding hydrogens is 322 g/mol. The van der Waals surface area contributed by atoms with E-state index in [-0.39, 0.29) is 36.7 Å². The monoisotopic (exact) mass is 342 g/mol. The van der Waals surface area contributed by atoms with Crippen molar-refractivity contribution in [2.75, 3.05) is 26.2 Å². The van der Waals surface area contributed by atoms with Gasteiger partial charge in [0.15, 0.2) is 0 Å². The Hall–Kier alpha value is -0.0600. The molecule has 1 aliphatic heterocycles. The number of nitrogens with zero attached hydrogens (tertiary/aromatic N) is 1. The first-order chi connectivity index (χ1) is 8.70. The lowest BCUT2D eigenvalue weighted by molar-refractivity contribution is 0.164. The minimum atomic E-state index is -0.242. The highest BCUT2D eigenvalue weighted by atomic mass is 35.5. The van der Waals surface area contributed by atoms with Gasteiger partial charge in [0.05, 0.1) is 0 Å². The summed E-state index contributed by atoms with van der Waals surface area (Å²) in [6.45, 7) is 6.19. The Labute approximate surface area is 137 Å². The number of halogens is 4. The van der Waals surface area contributed by atoms with E-state index < -0.39 is 0 Å². The Morgan fingerprint density at radius 2 is 1.90 bits per heavy atom.